The zero-order valence-corrected chi connectivity index (χ0v) is 13.1. The lowest BCUT2D eigenvalue weighted by atomic mass is 10.2. The Balaban J connectivity index is 1.45. The highest BCUT2D eigenvalue weighted by Gasteiger charge is 2.28. The number of amides is 1. The minimum Gasteiger partial charge on any atom is -0.354 e. The molecule has 0 bridgehead atoms. The summed E-state index contributed by atoms with van der Waals surface area (Å²) in [6.45, 7) is 1.78. The van der Waals surface area contributed by atoms with E-state index in [-0.39, 0.29) is 11.9 Å². The van der Waals surface area contributed by atoms with Crippen LogP contribution < -0.4 is 10.2 Å². The third kappa shape index (κ3) is 2.47. The fraction of sp³-hybridized carbons (Fsp3) is 0.438. The molecule has 1 atom stereocenters. The number of aromatic nitrogens is 2. The number of anilines is 1. The number of rotatable bonds is 3. The van der Waals surface area contributed by atoms with Crippen molar-refractivity contribution in [3.8, 4) is 0 Å². The van der Waals surface area contributed by atoms with Crippen molar-refractivity contribution in [2.45, 2.75) is 31.7 Å². The van der Waals surface area contributed by atoms with Crippen LogP contribution in [0.15, 0.2) is 23.2 Å². The highest BCUT2D eigenvalue weighted by molar-refractivity contribution is 7.08. The molecule has 2 aromatic rings. The Bertz CT molecular complexity index is 685. The van der Waals surface area contributed by atoms with E-state index in [1.807, 2.05) is 16.8 Å². The number of carbonyl (C=O) groups is 1. The van der Waals surface area contributed by atoms with Crippen LogP contribution in [0.2, 0.25) is 0 Å². The van der Waals surface area contributed by atoms with Gasteiger partial charge in [-0.3, -0.25) is 4.79 Å². The average Bonchev–Trinajstić information content (AvgIpc) is 3.27. The van der Waals surface area contributed by atoms with Crippen molar-refractivity contribution in [1.82, 2.24) is 15.3 Å². The summed E-state index contributed by atoms with van der Waals surface area (Å²) in [7, 11) is 0. The van der Waals surface area contributed by atoms with E-state index in [1.54, 1.807) is 17.7 Å². The maximum absolute atomic E-state index is 12.1. The van der Waals surface area contributed by atoms with E-state index in [9.17, 15) is 4.79 Å². The number of carbonyl (C=O) groups excluding carboxylic acids is 1. The standard InChI is InChI=1S/C16H18N4OS/c21-16(11-5-7-22-9-11)19-12-4-6-20(8-12)15-13-2-1-3-14(13)17-10-18-15/h5,7,9-10,12H,1-4,6,8H2,(H,19,21)/t12-/m0/s1. The Morgan fingerprint density at radius 2 is 2.32 bits per heavy atom. The van der Waals surface area contributed by atoms with Crippen LogP contribution in [0.3, 0.4) is 0 Å². The smallest absolute Gasteiger partial charge is 0.252 e. The molecule has 22 heavy (non-hydrogen) atoms. The molecule has 0 spiro atoms. The molecule has 1 N–H and O–H groups in total. The number of fused-ring (bicyclic) bond motifs is 1. The van der Waals surface area contributed by atoms with Gasteiger partial charge >= 0.3 is 0 Å². The zero-order valence-electron chi connectivity index (χ0n) is 12.3. The predicted molar refractivity (Wildman–Crippen MR) is 86.5 cm³/mol. The first-order valence-corrected chi connectivity index (χ1v) is 8.66. The summed E-state index contributed by atoms with van der Waals surface area (Å²) in [5.41, 5.74) is 3.27. The fourth-order valence-electron chi connectivity index (χ4n) is 3.35. The molecule has 4 rings (SSSR count). The van der Waals surface area contributed by atoms with Crippen molar-refractivity contribution in [2.75, 3.05) is 18.0 Å². The van der Waals surface area contributed by atoms with E-state index in [4.69, 9.17) is 0 Å². The predicted octanol–water partition coefficient (Wildman–Crippen LogP) is 2.04. The zero-order chi connectivity index (χ0) is 14.9. The van der Waals surface area contributed by atoms with Gasteiger partial charge in [-0.2, -0.15) is 11.3 Å². The fourth-order valence-corrected chi connectivity index (χ4v) is 3.98. The van der Waals surface area contributed by atoms with Crippen molar-refractivity contribution >= 4 is 23.1 Å². The van der Waals surface area contributed by atoms with E-state index in [2.05, 4.69) is 20.2 Å². The molecule has 0 unspecified atom stereocenters. The van der Waals surface area contributed by atoms with Crippen LogP contribution in [0, 0.1) is 0 Å². The molecule has 1 fully saturated rings. The number of nitrogens with zero attached hydrogens (tertiary/aromatic N) is 3. The quantitative estimate of drug-likeness (QED) is 0.942. The van der Waals surface area contributed by atoms with Crippen LogP contribution in [-0.4, -0.2) is 35.0 Å². The first kappa shape index (κ1) is 13.7. The molecule has 114 valence electrons. The molecular formula is C16H18N4OS. The summed E-state index contributed by atoms with van der Waals surface area (Å²) >= 11 is 1.55. The molecule has 1 aliphatic heterocycles. The normalized spacial score (nSPS) is 20.2. The van der Waals surface area contributed by atoms with Crippen LogP contribution in [0.1, 0.15) is 34.5 Å². The van der Waals surface area contributed by atoms with Crippen LogP contribution in [0.5, 0.6) is 0 Å². The van der Waals surface area contributed by atoms with E-state index in [0.29, 0.717) is 0 Å². The van der Waals surface area contributed by atoms with Gasteiger partial charge in [0.2, 0.25) is 0 Å². The van der Waals surface area contributed by atoms with Crippen molar-refractivity contribution in [3.63, 3.8) is 0 Å². The molecule has 6 heteroatoms. The Kier molecular flexibility index (Phi) is 3.54. The Morgan fingerprint density at radius 3 is 3.18 bits per heavy atom. The minimum absolute atomic E-state index is 0.0287. The molecular weight excluding hydrogens is 296 g/mol. The van der Waals surface area contributed by atoms with Gasteiger partial charge in [-0.1, -0.05) is 0 Å². The third-order valence-electron chi connectivity index (χ3n) is 4.46. The summed E-state index contributed by atoms with van der Waals surface area (Å²) < 4.78 is 0. The van der Waals surface area contributed by atoms with E-state index < -0.39 is 0 Å². The second kappa shape index (κ2) is 5.68. The van der Waals surface area contributed by atoms with Gasteiger partial charge in [-0.25, -0.2) is 9.97 Å². The molecule has 1 saturated heterocycles. The number of thiophene rings is 1. The molecule has 2 aromatic heterocycles. The lowest BCUT2D eigenvalue weighted by Gasteiger charge is -2.20. The second-order valence-corrected chi connectivity index (χ2v) is 6.67. The Labute approximate surface area is 133 Å². The van der Waals surface area contributed by atoms with Gasteiger partial charge in [-0.15, -0.1) is 0 Å². The van der Waals surface area contributed by atoms with E-state index in [1.165, 1.54) is 17.7 Å². The maximum atomic E-state index is 12.1. The highest BCUT2D eigenvalue weighted by Crippen LogP contribution is 2.29. The number of nitrogens with one attached hydrogen (secondary N) is 1. The Hall–Kier alpha value is -1.95. The Morgan fingerprint density at radius 1 is 1.36 bits per heavy atom. The largest absolute Gasteiger partial charge is 0.354 e. The summed E-state index contributed by atoms with van der Waals surface area (Å²) in [4.78, 5) is 23.3. The molecule has 0 aromatic carbocycles. The van der Waals surface area contributed by atoms with Crippen LogP contribution in [0.25, 0.3) is 0 Å². The minimum atomic E-state index is 0.0287. The number of aryl methyl sites for hydroxylation is 1. The molecule has 0 saturated carbocycles. The van der Waals surface area contributed by atoms with E-state index in [0.717, 1.165) is 43.7 Å². The summed E-state index contributed by atoms with van der Waals surface area (Å²) in [5.74, 6) is 1.11. The van der Waals surface area contributed by atoms with Crippen LogP contribution >= 0.6 is 11.3 Å². The van der Waals surface area contributed by atoms with Crippen LogP contribution in [0.4, 0.5) is 5.82 Å². The average molecular weight is 314 g/mol. The first-order valence-electron chi connectivity index (χ1n) is 7.72. The van der Waals surface area contributed by atoms with Gasteiger partial charge in [0.1, 0.15) is 12.1 Å². The van der Waals surface area contributed by atoms with Gasteiger partial charge < -0.3 is 10.2 Å². The van der Waals surface area contributed by atoms with Crippen molar-refractivity contribution in [2.24, 2.45) is 0 Å². The molecule has 0 radical (unpaired) electrons. The molecule has 1 aliphatic carbocycles. The molecule has 5 nitrogen and oxygen atoms in total. The lowest BCUT2D eigenvalue weighted by molar-refractivity contribution is 0.0941. The van der Waals surface area contributed by atoms with Crippen molar-refractivity contribution < 1.29 is 4.79 Å². The van der Waals surface area contributed by atoms with Gasteiger partial charge in [0.15, 0.2) is 0 Å². The first-order chi connectivity index (χ1) is 10.8. The van der Waals surface area contributed by atoms with Gasteiger partial charge in [-0.05, 0) is 37.1 Å². The number of hydrogen-bond donors (Lipinski definition) is 1. The molecule has 2 aliphatic rings. The second-order valence-electron chi connectivity index (χ2n) is 5.89. The van der Waals surface area contributed by atoms with Crippen molar-refractivity contribution in [1.29, 1.82) is 0 Å². The van der Waals surface area contributed by atoms with Crippen molar-refractivity contribution in [3.05, 3.63) is 40.0 Å². The molecule has 1 amide bonds. The topological polar surface area (TPSA) is 58.1 Å². The maximum Gasteiger partial charge on any atom is 0.252 e. The van der Waals surface area contributed by atoms with Gasteiger partial charge in [0.05, 0.1) is 0 Å². The summed E-state index contributed by atoms with van der Waals surface area (Å²) in [6.07, 6.45) is 5.96. The third-order valence-corrected chi connectivity index (χ3v) is 5.14. The van der Waals surface area contributed by atoms with Gasteiger partial charge in [0, 0.05) is 41.3 Å². The number of hydrogen-bond acceptors (Lipinski definition) is 5. The highest BCUT2D eigenvalue weighted by atomic mass is 32.1. The van der Waals surface area contributed by atoms with Crippen LogP contribution in [-0.2, 0) is 12.8 Å². The van der Waals surface area contributed by atoms with Gasteiger partial charge in [0.25, 0.3) is 5.91 Å². The summed E-state index contributed by atoms with van der Waals surface area (Å²) in [5, 5.41) is 6.95. The lowest BCUT2D eigenvalue weighted by Crippen LogP contribution is -2.37. The van der Waals surface area contributed by atoms with E-state index >= 15 is 0 Å². The molecule has 3 heterocycles. The monoisotopic (exact) mass is 314 g/mol. The summed E-state index contributed by atoms with van der Waals surface area (Å²) in [6, 6.07) is 2.06. The SMILES string of the molecule is O=C(N[C@H]1CCN(c2ncnc3c2CCC3)C1)c1ccsc1.